The van der Waals surface area contributed by atoms with Gasteiger partial charge in [0.25, 0.3) is 0 Å². The van der Waals surface area contributed by atoms with Gasteiger partial charge in [-0.25, -0.2) is 0 Å². The first-order valence-electron chi connectivity index (χ1n) is 6.14. The van der Waals surface area contributed by atoms with E-state index < -0.39 is 0 Å². The molecule has 1 unspecified atom stereocenters. The van der Waals surface area contributed by atoms with Crippen LogP contribution in [0.15, 0.2) is 30.3 Å². The van der Waals surface area contributed by atoms with Crippen molar-refractivity contribution in [1.29, 1.82) is 0 Å². The average molecular weight is 247 g/mol. The molecule has 1 aromatic carbocycles. The molecule has 0 spiro atoms. The van der Waals surface area contributed by atoms with Crippen LogP contribution >= 0.6 is 0 Å². The minimum absolute atomic E-state index is 0.127. The maximum Gasteiger partial charge on any atom is 0.302 e. The summed E-state index contributed by atoms with van der Waals surface area (Å²) in [6.07, 6.45) is 0.915. The fourth-order valence-corrected chi connectivity index (χ4v) is 2.17. The van der Waals surface area contributed by atoms with Gasteiger partial charge in [-0.2, -0.15) is 0 Å². The first-order valence-corrected chi connectivity index (χ1v) is 6.14. The van der Waals surface area contributed by atoms with E-state index in [0.29, 0.717) is 25.9 Å². The average Bonchev–Trinajstić information content (AvgIpc) is 2.34. The number of carbonyl (C=O) groups excluding carboxylic acids is 2. The summed E-state index contributed by atoms with van der Waals surface area (Å²) in [6, 6.07) is 9.83. The molecular formula is C14H17NO3. The molecule has 96 valence electrons. The van der Waals surface area contributed by atoms with Crippen molar-refractivity contribution in [2.45, 2.75) is 32.4 Å². The van der Waals surface area contributed by atoms with Crippen LogP contribution in [-0.4, -0.2) is 29.4 Å². The second kappa shape index (κ2) is 5.67. The lowest BCUT2D eigenvalue weighted by atomic mass is 10.1. The normalized spacial score (nSPS) is 19.7. The number of carbonyl (C=O) groups is 2. The van der Waals surface area contributed by atoms with E-state index in [0.717, 1.165) is 5.56 Å². The van der Waals surface area contributed by atoms with E-state index in [1.165, 1.54) is 6.92 Å². The summed E-state index contributed by atoms with van der Waals surface area (Å²) in [7, 11) is 0. The van der Waals surface area contributed by atoms with Crippen molar-refractivity contribution in [2.24, 2.45) is 0 Å². The van der Waals surface area contributed by atoms with Crippen LogP contribution in [0.4, 0.5) is 0 Å². The van der Waals surface area contributed by atoms with Crippen LogP contribution in [0.2, 0.25) is 0 Å². The third-order valence-corrected chi connectivity index (χ3v) is 3.01. The number of ether oxygens (including phenoxy) is 1. The van der Waals surface area contributed by atoms with Crippen LogP contribution < -0.4 is 0 Å². The highest BCUT2D eigenvalue weighted by Crippen LogP contribution is 2.17. The molecule has 1 aromatic rings. The van der Waals surface area contributed by atoms with Crippen molar-refractivity contribution in [3.05, 3.63) is 35.9 Å². The number of benzene rings is 1. The van der Waals surface area contributed by atoms with Crippen LogP contribution in [0.5, 0.6) is 0 Å². The zero-order valence-electron chi connectivity index (χ0n) is 10.5. The molecule has 4 heteroatoms. The molecule has 1 fully saturated rings. The molecular weight excluding hydrogens is 230 g/mol. The van der Waals surface area contributed by atoms with E-state index in [1.807, 2.05) is 30.3 Å². The molecule has 0 radical (unpaired) electrons. The standard InChI is InChI=1S/C14H17NO3/c1-11(16)18-13-7-8-14(17)15(10-13)9-12-5-3-2-4-6-12/h2-6,13H,7-10H2,1H3. The zero-order chi connectivity index (χ0) is 13.0. The van der Waals surface area contributed by atoms with Crippen molar-refractivity contribution in [3.63, 3.8) is 0 Å². The van der Waals surface area contributed by atoms with Gasteiger partial charge in [-0.1, -0.05) is 30.3 Å². The Balaban J connectivity index is 1.97. The zero-order valence-corrected chi connectivity index (χ0v) is 10.5. The fraction of sp³-hybridized carbons (Fsp3) is 0.429. The molecule has 1 amide bonds. The third kappa shape index (κ3) is 3.32. The number of rotatable bonds is 3. The number of piperidine rings is 1. The predicted octanol–water partition coefficient (Wildman–Crippen LogP) is 1.74. The fourth-order valence-electron chi connectivity index (χ4n) is 2.17. The second-order valence-corrected chi connectivity index (χ2v) is 4.53. The smallest absolute Gasteiger partial charge is 0.302 e. The van der Waals surface area contributed by atoms with Gasteiger partial charge in [-0.15, -0.1) is 0 Å². The highest BCUT2D eigenvalue weighted by Gasteiger charge is 2.27. The molecule has 1 saturated heterocycles. The van der Waals surface area contributed by atoms with Gasteiger partial charge in [0.15, 0.2) is 0 Å². The summed E-state index contributed by atoms with van der Waals surface area (Å²) >= 11 is 0. The van der Waals surface area contributed by atoms with Crippen molar-refractivity contribution in [3.8, 4) is 0 Å². The monoisotopic (exact) mass is 247 g/mol. The Labute approximate surface area is 107 Å². The van der Waals surface area contributed by atoms with Gasteiger partial charge in [0.05, 0.1) is 6.54 Å². The number of esters is 1. The molecule has 0 N–H and O–H groups in total. The highest BCUT2D eigenvalue weighted by molar-refractivity contribution is 5.77. The first-order chi connectivity index (χ1) is 8.65. The maximum atomic E-state index is 11.8. The van der Waals surface area contributed by atoms with Crippen molar-refractivity contribution in [2.75, 3.05) is 6.54 Å². The van der Waals surface area contributed by atoms with Crippen LogP contribution in [-0.2, 0) is 20.9 Å². The van der Waals surface area contributed by atoms with E-state index in [9.17, 15) is 9.59 Å². The van der Waals surface area contributed by atoms with E-state index in [4.69, 9.17) is 4.74 Å². The molecule has 1 heterocycles. The molecule has 0 bridgehead atoms. The van der Waals surface area contributed by atoms with Gasteiger partial charge < -0.3 is 9.64 Å². The van der Waals surface area contributed by atoms with Crippen LogP contribution in [0, 0.1) is 0 Å². The molecule has 18 heavy (non-hydrogen) atoms. The van der Waals surface area contributed by atoms with Crippen LogP contribution in [0.3, 0.4) is 0 Å². The van der Waals surface area contributed by atoms with Gasteiger partial charge in [-0.3, -0.25) is 9.59 Å². The summed E-state index contributed by atoms with van der Waals surface area (Å²) in [6.45, 7) is 2.47. The van der Waals surface area contributed by atoms with Gasteiger partial charge >= 0.3 is 5.97 Å². The molecule has 1 aliphatic heterocycles. The largest absolute Gasteiger partial charge is 0.461 e. The summed E-state index contributed by atoms with van der Waals surface area (Å²) in [5, 5.41) is 0. The Morgan fingerprint density at radius 2 is 2.11 bits per heavy atom. The summed E-state index contributed by atoms with van der Waals surface area (Å²) < 4.78 is 5.17. The Bertz CT molecular complexity index is 430. The molecule has 0 aromatic heterocycles. The van der Waals surface area contributed by atoms with E-state index >= 15 is 0 Å². The third-order valence-electron chi connectivity index (χ3n) is 3.01. The van der Waals surface area contributed by atoms with Crippen LogP contribution in [0.25, 0.3) is 0 Å². The minimum atomic E-state index is -0.283. The van der Waals surface area contributed by atoms with E-state index in [2.05, 4.69) is 0 Å². The molecule has 0 aliphatic carbocycles. The van der Waals surface area contributed by atoms with Gasteiger partial charge in [0, 0.05) is 19.9 Å². The molecule has 4 nitrogen and oxygen atoms in total. The molecule has 1 atom stereocenters. The lowest BCUT2D eigenvalue weighted by Crippen LogP contribution is -2.43. The predicted molar refractivity (Wildman–Crippen MR) is 66.6 cm³/mol. The quantitative estimate of drug-likeness (QED) is 0.764. The molecule has 2 rings (SSSR count). The second-order valence-electron chi connectivity index (χ2n) is 4.53. The van der Waals surface area contributed by atoms with Crippen LogP contribution in [0.1, 0.15) is 25.3 Å². The van der Waals surface area contributed by atoms with Crippen molar-refractivity contribution < 1.29 is 14.3 Å². The number of amides is 1. The van der Waals surface area contributed by atoms with Gasteiger partial charge in [-0.05, 0) is 12.0 Å². The molecule has 0 saturated carbocycles. The van der Waals surface area contributed by atoms with Gasteiger partial charge in [0.2, 0.25) is 5.91 Å². The first kappa shape index (κ1) is 12.6. The summed E-state index contributed by atoms with van der Waals surface area (Å²) in [4.78, 5) is 24.5. The Kier molecular flexibility index (Phi) is 3.97. The summed E-state index contributed by atoms with van der Waals surface area (Å²) in [5.74, 6) is -0.156. The number of likely N-dealkylation sites (tertiary alicyclic amines) is 1. The summed E-state index contributed by atoms with van der Waals surface area (Å²) in [5.41, 5.74) is 1.09. The topological polar surface area (TPSA) is 46.6 Å². The lowest BCUT2D eigenvalue weighted by molar-refractivity contribution is -0.154. The van der Waals surface area contributed by atoms with Crippen molar-refractivity contribution in [1.82, 2.24) is 4.90 Å². The lowest BCUT2D eigenvalue weighted by Gasteiger charge is -2.32. The molecule has 1 aliphatic rings. The number of hydrogen-bond acceptors (Lipinski definition) is 3. The number of nitrogens with zero attached hydrogens (tertiary/aromatic N) is 1. The maximum absolute atomic E-state index is 11.8. The minimum Gasteiger partial charge on any atom is -0.461 e. The highest BCUT2D eigenvalue weighted by atomic mass is 16.5. The number of hydrogen-bond donors (Lipinski definition) is 0. The van der Waals surface area contributed by atoms with E-state index in [-0.39, 0.29) is 18.0 Å². The Morgan fingerprint density at radius 3 is 2.78 bits per heavy atom. The Hall–Kier alpha value is -1.84. The van der Waals surface area contributed by atoms with Crippen molar-refractivity contribution >= 4 is 11.9 Å². The SMILES string of the molecule is CC(=O)OC1CCC(=O)N(Cc2ccccc2)C1. The van der Waals surface area contributed by atoms with E-state index in [1.54, 1.807) is 4.90 Å². The van der Waals surface area contributed by atoms with Gasteiger partial charge in [0.1, 0.15) is 6.10 Å². The Morgan fingerprint density at radius 1 is 1.39 bits per heavy atom.